The largest absolute Gasteiger partial charge is 0.495 e. The van der Waals surface area contributed by atoms with E-state index in [1.165, 1.54) is 10.9 Å². The van der Waals surface area contributed by atoms with Crippen molar-refractivity contribution in [1.29, 1.82) is 0 Å². The quantitative estimate of drug-likeness (QED) is 0.704. The number of hydrogen-bond donors (Lipinski definition) is 2. The highest BCUT2D eigenvalue weighted by Crippen LogP contribution is 2.26. The van der Waals surface area contributed by atoms with E-state index in [4.69, 9.17) is 4.74 Å². The zero-order valence-electron chi connectivity index (χ0n) is 13.0. The molecular formula is C18H19N3O. The van der Waals surface area contributed by atoms with Gasteiger partial charge in [-0.15, -0.1) is 0 Å². The Kier molecular flexibility index (Phi) is 3.83. The van der Waals surface area contributed by atoms with E-state index in [1.807, 2.05) is 49.4 Å². The van der Waals surface area contributed by atoms with Crippen LogP contribution in [0, 0.1) is 13.8 Å². The number of hydrogen-bond acceptors (Lipinski definition) is 4. The van der Waals surface area contributed by atoms with Gasteiger partial charge in [0, 0.05) is 5.39 Å². The first-order chi connectivity index (χ1) is 10.7. The molecule has 0 atom stereocenters. The number of benzene rings is 2. The van der Waals surface area contributed by atoms with Crippen molar-refractivity contribution in [2.45, 2.75) is 13.8 Å². The highest BCUT2D eigenvalue weighted by atomic mass is 16.5. The molecule has 0 radical (unpaired) electrons. The van der Waals surface area contributed by atoms with Gasteiger partial charge in [-0.1, -0.05) is 24.3 Å². The van der Waals surface area contributed by atoms with Crippen molar-refractivity contribution in [3.05, 3.63) is 59.7 Å². The average molecular weight is 293 g/mol. The predicted molar refractivity (Wildman–Crippen MR) is 91.5 cm³/mol. The summed E-state index contributed by atoms with van der Waals surface area (Å²) in [5, 5.41) is 1.17. The van der Waals surface area contributed by atoms with Crippen LogP contribution in [0.2, 0.25) is 0 Å². The molecule has 112 valence electrons. The van der Waals surface area contributed by atoms with Gasteiger partial charge < -0.3 is 4.74 Å². The summed E-state index contributed by atoms with van der Waals surface area (Å²) >= 11 is 0. The third kappa shape index (κ3) is 2.81. The minimum Gasteiger partial charge on any atom is -0.495 e. The first kappa shape index (κ1) is 14.2. The Hall–Kier alpha value is -2.75. The highest BCUT2D eigenvalue weighted by molar-refractivity contribution is 5.83. The molecule has 0 saturated carbocycles. The summed E-state index contributed by atoms with van der Waals surface area (Å²) in [5.74, 6) is 1.57. The second-order valence-electron chi connectivity index (χ2n) is 5.30. The van der Waals surface area contributed by atoms with Gasteiger partial charge in [-0.25, -0.2) is 4.98 Å². The van der Waals surface area contributed by atoms with Gasteiger partial charge in [-0.3, -0.25) is 10.9 Å². The minimum atomic E-state index is 0.778. The molecule has 0 spiro atoms. The number of pyridine rings is 1. The van der Waals surface area contributed by atoms with E-state index in [2.05, 4.69) is 28.8 Å². The lowest BCUT2D eigenvalue weighted by atomic mass is 10.1. The predicted octanol–water partition coefficient (Wildman–Crippen LogP) is 4.30. The molecular weight excluding hydrogens is 274 g/mol. The smallest absolute Gasteiger partial charge is 0.145 e. The SMILES string of the molecule is COc1ccc(C)cc1NNc1cc(C)c2ccccc2n1. The Bertz CT molecular complexity index is 815. The van der Waals surface area contributed by atoms with Crippen molar-refractivity contribution < 1.29 is 4.74 Å². The maximum absolute atomic E-state index is 5.36. The second kappa shape index (κ2) is 5.93. The van der Waals surface area contributed by atoms with Crippen molar-refractivity contribution >= 4 is 22.4 Å². The minimum absolute atomic E-state index is 0.778. The Morgan fingerprint density at radius 3 is 2.59 bits per heavy atom. The number of anilines is 2. The molecule has 0 aliphatic carbocycles. The number of aromatic nitrogens is 1. The molecule has 0 aliphatic rings. The molecule has 1 heterocycles. The summed E-state index contributed by atoms with van der Waals surface area (Å²) in [5.41, 5.74) is 10.5. The van der Waals surface area contributed by atoms with E-state index < -0.39 is 0 Å². The molecule has 2 aromatic carbocycles. The van der Waals surface area contributed by atoms with E-state index in [0.29, 0.717) is 0 Å². The number of hydrazine groups is 1. The van der Waals surface area contributed by atoms with Crippen LogP contribution in [0.5, 0.6) is 5.75 Å². The van der Waals surface area contributed by atoms with Gasteiger partial charge in [0.15, 0.2) is 0 Å². The van der Waals surface area contributed by atoms with Crippen molar-refractivity contribution in [3.63, 3.8) is 0 Å². The standard InChI is InChI=1S/C18H19N3O/c1-12-8-9-17(22-3)16(10-12)20-21-18-11-13(2)14-6-4-5-7-15(14)19-18/h4-11,20H,1-3H3,(H,19,21). The number of ether oxygens (including phenoxy) is 1. The molecule has 0 bridgehead atoms. The van der Waals surface area contributed by atoms with Crippen LogP contribution in [0.1, 0.15) is 11.1 Å². The van der Waals surface area contributed by atoms with Gasteiger partial charge in [-0.05, 0) is 49.2 Å². The molecule has 3 aromatic rings. The summed E-state index contributed by atoms with van der Waals surface area (Å²) in [4.78, 5) is 4.61. The number of nitrogens with one attached hydrogen (secondary N) is 2. The molecule has 4 heteroatoms. The maximum atomic E-state index is 5.36. The fourth-order valence-corrected chi connectivity index (χ4v) is 2.46. The fourth-order valence-electron chi connectivity index (χ4n) is 2.46. The monoisotopic (exact) mass is 293 g/mol. The molecule has 3 rings (SSSR count). The fraction of sp³-hybridized carbons (Fsp3) is 0.167. The number of nitrogens with zero attached hydrogens (tertiary/aromatic N) is 1. The number of aryl methyl sites for hydroxylation is 2. The van der Waals surface area contributed by atoms with Gasteiger partial charge >= 0.3 is 0 Å². The average Bonchev–Trinajstić information content (AvgIpc) is 2.53. The Morgan fingerprint density at radius 1 is 0.955 bits per heavy atom. The van der Waals surface area contributed by atoms with Crippen molar-refractivity contribution in [2.75, 3.05) is 18.0 Å². The summed E-state index contributed by atoms with van der Waals surface area (Å²) < 4.78 is 5.36. The second-order valence-corrected chi connectivity index (χ2v) is 5.30. The Morgan fingerprint density at radius 2 is 1.77 bits per heavy atom. The van der Waals surface area contributed by atoms with Crippen LogP contribution in [0.4, 0.5) is 11.5 Å². The van der Waals surface area contributed by atoms with E-state index in [-0.39, 0.29) is 0 Å². The lowest BCUT2D eigenvalue weighted by Gasteiger charge is -2.14. The number of fused-ring (bicyclic) bond motifs is 1. The zero-order valence-corrected chi connectivity index (χ0v) is 13.0. The normalized spacial score (nSPS) is 10.5. The third-order valence-electron chi connectivity index (χ3n) is 3.60. The number of para-hydroxylation sites is 1. The van der Waals surface area contributed by atoms with Crippen LogP contribution in [-0.2, 0) is 0 Å². The third-order valence-corrected chi connectivity index (χ3v) is 3.60. The van der Waals surface area contributed by atoms with Gasteiger partial charge in [0.05, 0.1) is 18.3 Å². The van der Waals surface area contributed by atoms with Gasteiger partial charge in [-0.2, -0.15) is 0 Å². The topological polar surface area (TPSA) is 46.2 Å². The first-order valence-corrected chi connectivity index (χ1v) is 7.20. The summed E-state index contributed by atoms with van der Waals surface area (Å²) in [6, 6.07) is 16.1. The molecule has 0 fully saturated rings. The van der Waals surface area contributed by atoms with Gasteiger partial charge in [0.1, 0.15) is 11.6 Å². The van der Waals surface area contributed by atoms with Crippen LogP contribution in [-0.4, -0.2) is 12.1 Å². The first-order valence-electron chi connectivity index (χ1n) is 7.20. The Labute approximate surface area is 130 Å². The van der Waals surface area contributed by atoms with Crippen LogP contribution in [0.15, 0.2) is 48.5 Å². The molecule has 0 aliphatic heterocycles. The molecule has 0 unspecified atom stereocenters. The lowest BCUT2D eigenvalue weighted by molar-refractivity contribution is 0.416. The van der Waals surface area contributed by atoms with E-state index in [1.54, 1.807) is 7.11 Å². The van der Waals surface area contributed by atoms with Crippen molar-refractivity contribution in [1.82, 2.24) is 4.98 Å². The summed E-state index contributed by atoms with van der Waals surface area (Å²) in [6.07, 6.45) is 0. The molecule has 4 nitrogen and oxygen atoms in total. The molecule has 0 amide bonds. The summed E-state index contributed by atoms with van der Waals surface area (Å²) in [6.45, 7) is 4.13. The van der Waals surface area contributed by atoms with Gasteiger partial charge in [0.25, 0.3) is 0 Å². The molecule has 0 saturated heterocycles. The molecule has 22 heavy (non-hydrogen) atoms. The highest BCUT2D eigenvalue weighted by Gasteiger charge is 2.05. The van der Waals surface area contributed by atoms with Crippen molar-refractivity contribution in [2.24, 2.45) is 0 Å². The summed E-state index contributed by atoms with van der Waals surface area (Å²) in [7, 11) is 1.66. The molecule has 1 aromatic heterocycles. The van der Waals surface area contributed by atoms with Crippen molar-refractivity contribution in [3.8, 4) is 5.75 Å². The van der Waals surface area contributed by atoms with Crippen LogP contribution >= 0.6 is 0 Å². The Balaban J connectivity index is 1.87. The van der Waals surface area contributed by atoms with Crippen LogP contribution in [0.3, 0.4) is 0 Å². The van der Waals surface area contributed by atoms with Crippen LogP contribution < -0.4 is 15.6 Å². The molecule has 2 N–H and O–H groups in total. The number of methoxy groups -OCH3 is 1. The van der Waals surface area contributed by atoms with E-state index in [0.717, 1.165) is 28.3 Å². The van der Waals surface area contributed by atoms with E-state index >= 15 is 0 Å². The van der Waals surface area contributed by atoms with Gasteiger partial charge in [0.2, 0.25) is 0 Å². The maximum Gasteiger partial charge on any atom is 0.145 e. The van der Waals surface area contributed by atoms with Crippen LogP contribution in [0.25, 0.3) is 10.9 Å². The lowest BCUT2D eigenvalue weighted by Crippen LogP contribution is -2.11. The van der Waals surface area contributed by atoms with E-state index in [9.17, 15) is 0 Å². The zero-order chi connectivity index (χ0) is 15.5. The number of rotatable bonds is 4.